The number of aromatic nitrogens is 1. The van der Waals surface area contributed by atoms with Gasteiger partial charge in [-0.1, -0.05) is 32.8 Å². The molecule has 0 N–H and O–H groups in total. The number of unbranched alkanes of at least 4 members (excludes halogenated alkanes) is 2. The first-order valence-corrected chi connectivity index (χ1v) is 9.15. The molecule has 0 aliphatic heterocycles. The van der Waals surface area contributed by atoms with Gasteiger partial charge < -0.3 is 18.9 Å². The number of carbonyl (C=O) groups is 2. The lowest BCUT2D eigenvalue weighted by atomic mass is 10.3. The summed E-state index contributed by atoms with van der Waals surface area (Å²) in [6, 6.07) is 4.55. The second kappa shape index (κ2) is 14.2. The molecule has 0 saturated carbocycles. The van der Waals surface area contributed by atoms with Gasteiger partial charge >= 0.3 is 11.9 Å². The smallest absolute Gasteiger partial charge is 0.357 e. The Labute approximate surface area is 155 Å². The fraction of sp³-hybridized carbons (Fsp3) is 0.632. The normalized spacial score (nSPS) is 10.5. The van der Waals surface area contributed by atoms with Crippen LogP contribution in [0.1, 0.15) is 60.5 Å². The van der Waals surface area contributed by atoms with Gasteiger partial charge in [-0.15, -0.1) is 0 Å². The topological polar surface area (TPSA) is 84.0 Å². The molecular formula is C19H29NO6. The van der Waals surface area contributed by atoms with Crippen LogP contribution in [0.15, 0.2) is 18.2 Å². The fourth-order valence-electron chi connectivity index (χ4n) is 1.89. The van der Waals surface area contributed by atoms with E-state index in [9.17, 15) is 9.59 Å². The van der Waals surface area contributed by atoms with E-state index >= 15 is 0 Å². The molecule has 0 aliphatic rings. The number of rotatable bonds is 14. The van der Waals surface area contributed by atoms with Crippen molar-refractivity contribution in [2.24, 2.45) is 0 Å². The molecule has 0 atom stereocenters. The van der Waals surface area contributed by atoms with Crippen molar-refractivity contribution >= 4 is 11.9 Å². The Morgan fingerprint density at radius 3 is 1.65 bits per heavy atom. The Morgan fingerprint density at radius 1 is 0.769 bits per heavy atom. The molecule has 0 bridgehead atoms. The predicted octanol–water partition coefficient (Wildman–Crippen LogP) is 3.03. The van der Waals surface area contributed by atoms with E-state index < -0.39 is 11.9 Å². The molecule has 0 unspecified atom stereocenters. The minimum Gasteiger partial charge on any atom is -0.459 e. The highest BCUT2D eigenvalue weighted by Crippen LogP contribution is 2.04. The Kier molecular flexibility index (Phi) is 12.1. The standard InChI is InChI=1S/C19H29NO6/c1-3-5-10-23-12-14-25-18(21)16-8-7-9-17(20-16)19(22)26-15-13-24-11-6-4-2/h7-9H,3-6,10-15H2,1-2H3. The van der Waals surface area contributed by atoms with Crippen LogP contribution in [0.4, 0.5) is 0 Å². The van der Waals surface area contributed by atoms with Crippen LogP contribution in [0.5, 0.6) is 0 Å². The summed E-state index contributed by atoms with van der Waals surface area (Å²) in [5, 5.41) is 0. The summed E-state index contributed by atoms with van der Waals surface area (Å²) < 4.78 is 20.8. The molecule has 7 nitrogen and oxygen atoms in total. The average Bonchev–Trinajstić information content (AvgIpc) is 2.67. The fourth-order valence-corrected chi connectivity index (χ4v) is 1.89. The molecule has 1 aromatic heterocycles. The monoisotopic (exact) mass is 367 g/mol. The van der Waals surface area contributed by atoms with Crippen molar-refractivity contribution in [3.8, 4) is 0 Å². The van der Waals surface area contributed by atoms with E-state index in [-0.39, 0.29) is 24.6 Å². The Hall–Kier alpha value is -1.99. The molecule has 0 fully saturated rings. The number of nitrogens with zero attached hydrogens (tertiary/aromatic N) is 1. The number of carbonyl (C=O) groups excluding carboxylic acids is 2. The van der Waals surface area contributed by atoms with Crippen LogP contribution in [-0.2, 0) is 18.9 Å². The van der Waals surface area contributed by atoms with Crippen molar-refractivity contribution in [3.05, 3.63) is 29.6 Å². The second-order valence-corrected chi connectivity index (χ2v) is 5.61. The Bertz CT molecular complexity index is 491. The zero-order valence-corrected chi connectivity index (χ0v) is 15.7. The summed E-state index contributed by atoms with van der Waals surface area (Å²) in [5.74, 6) is -1.19. The SMILES string of the molecule is CCCCOCCOC(=O)c1cccc(C(=O)OCCOCCCC)n1. The number of esters is 2. The summed E-state index contributed by atoms with van der Waals surface area (Å²) in [7, 11) is 0. The number of hydrogen-bond donors (Lipinski definition) is 0. The summed E-state index contributed by atoms with van der Waals surface area (Å²) in [6.45, 7) is 6.42. The highest BCUT2D eigenvalue weighted by molar-refractivity contribution is 5.91. The van der Waals surface area contributed by atoms with Crippen molar-refractivity contribution in [2.45, 2.75) is 39.5 Å². The molecule has 0 spiro atoms. The third-order valence-electron chi connectivity index (χ3n) is 3.37. The van der Waals surface area contributed by atoms with Gasteiger partial charge in [0.1, 0.15) is 24.6 Å². The van der Waals surface area contributed by atoms with Gasteiger partial charge in [0.2, 0.25) is 0 Å². The van der Waals surface area contributed by atoms with Gasteiger partial charge in [0.25, 0.3) is 0 Å². The van der Waals surface area contributed by atoms with Gasteiger partial charge in [0.05, 0.1) is 13.2 Å². The highest BCUT2D eigenvalue weighted by atomic mass is 16.6. The molecule has 7 heteroatoms. The molecule has 0 aliphatic carbocycles. The first-order valence-electron chi connectivity index (χ1n) is 9.15. The molecule has 0 radical (unpaired) electrons. The van der Waals surface area contributed by atoms with Crippen LogP contribution in [0.25, 0.3) is 0 Å². The maximum absolute atomic E-state index is 12.0. The maximum atomic E-state index is 12.0. The van der Waals surface area contributed by atoms with Crippen LogP contribution in [0.2, 0.25) is 0 Å². The Balaban J connectivity index is 2.34. The summed E-state index contributed by atoms with van der Waals surface area (Å²) in [5.41, 5.74) is 0.124. The van der Waals surface area contributed by atoms with E-state index in [0.29, 0.717) is 26.4 Å². The van der Waals surface area contributed by atoms with Crippen LogP contribution in [0, 0.1) is 0 Å². The van der Waals surface area contributed by atoms with E-state index in [0.717, 1.165) is 25.7 Å². The van der Waals surface area contributed by atoms with E-state index in [1.807, 2.05) is 0 Å². The molecule has 26 heavy (non-hydrogen) atoms. The molecule has 0 amide bonds. The van der Waals surface area contributed by atoms with Gasteiger partial charge in [-0.2, -0.15) is 0 Å². The van der Waals surface area contributed by atoms with E-state index in [1.165, 1.54) is 12.1 Å². The maximum Gasteiger partial charge on any atom is 0.357 e. The lowest BCUT2D eigenvalue weighted by Gasteiger charge is -2.07. The summed E-state index contributed by atoms with van der Waals surface area (Å²) >= 11 is 0. The average molecular weight is 367 g/mol. The largest absolute Gasteiger partial charge is 0.459 e. The summed E-state index contributed by atoms with van der Waals surface area (Å²) in [6.07, 6.45) is 4.06. The van der Waals surface area contributed by atoms with Gasteiger partial charge in [-0.25, -0.2) is 14.6 Å². The zero-order chi connectivity index (χ0) is 19.0. The molecule has 0 aromatic carbocycles. The van der Waals surface area contributed by atoms with Crippen molar-refractivity contribution in [3.63, 3.8) is 0 Å². The number of ether oxygens (including phenoxy) is 4. The molecule has 146 valence electrons. The quantitative estimate of drug-likeness (QED) is 0.369. The minimum atomic E-state index is -0.596. The van der Waals surface area contributed by atoms with Crippen LogP contribution in [0.3, 0.4) is 0 Å². The van der Waals surface area contributed by atoms with Crippen molar-refractivity contribution in [2.75, 3.05) is 39.6 Å². The molecular weight excluding hydrogens is 338 g/mol. The van der Waals surface area contributed by atoms with E-state index in [2.05, 4.69) is 18.8 Å². The lowest BCUT2D eigenvalue weighted by Crippen LogP contribution is -2.16. The molecule has 1 aromatic rings. The number of hydrogen-bond acceptors (Lipinski definition) is 7. The van der Waals surface area contributed by atoms with Crippen molar-refractivity contribution in [1.29, 1.82) is 0 Å². The van der Waals surface area contributed by atoms with Crippen LogP contribution in [-0.4, -0.2) is 56.6 Å². The van der Waals surface area contributed by atoms with Crippen LogP contribution >= 0.6 is 0 Å². The highest BCUT2D eigenvalue weighted by Gasteiger charge is 2.14. The predicted molar refractivity (Wildman–Crippen MR) is 96.3 cm³/mol. The first-order chi connectivity index (χ1) is 12.7. The third-order valence-corrected chi connectivity index (χ3v) is 3.37. The molecule has 1 rings (SSSR count). The van der Waals surface area contributed by atoms with Crippen LogP contribution < -0.4 is 0 Å². The van der Waals surface area contributed by atoms with E-state index in [4.69, 9.17) is 18.9 Å². The molecule has 0 saturated heterocycles. The first kappa shape index (κ1) is 22.1. The van der Waals surface area contributed by atoms with Gasteiger partial charge in [0.15, 0.2) is 0 Å². The summed E-state index contributed by atoms with van der Waals surface area (Å²) in [4.78, 5) is 27.9. The number of pyridine rings is 1. The molecule has 1 heterocycles. The van der Waals surface area contributed by atoms with Gasteiger partial charge in [0, 0.05) is 13.2 Å². The van der Waals surface area contributed by atoms with E-state index in [1.54, 1.807) is 6.07 Å². The van der Waals surface area contributed by atoms with Gasteiger partial charge in [-0.05, 0) is 25.0 Å². The van der Waals surface area contributed by atoms with Crippen molar-refractivity contribution < 1.29 is 28.5 Å². The second-order valence-electron chi connectivity index (χ2n) is 5.61. The third kappa shape index (κ3) is 9.48. The lowest BCUT2D eigenvalue weighted by molar-refractivity contribution is 0.0298. The Morgan fingerprint density at radius 2 is 1.23 bits per heavy atom. The van der Waals surface area contributed by atoms with Crippen molar-refractivity contribution in [1.82, 2.24) is 4.98 Å². The van der Waals surface area contributed by atoms with Gasteiger partial charge in [-0.3, -0.25) is 0 Å². The minimum absolute atomic E-state index is 0.0622. The zero-order valence-electron chi connectivity index (χ0n) is 15.7.